The summed E-state index contributed by atoms with van der Waals surface area (Å²) in [5.74, 6) is -0.482. The Morgan fingerprint density at radius 3 is 2.69 bits per heavy atom. The van der Waals surface area contributed by atoms with Gasteiger partial charge in [-0.05, 0) is 31.4 Å². The lowest BCUT2D eigenvalue weighted by Gasteiger charge is -2.14. The topological polar surface area (TPSA) is 44.1 Å². The number of aryl methyl sites for hydroxylation is 2. The van der Waals surface area contributed by atoms with Gasteiger partial charge in [-0.1, -0.05) is 23.8 Å². The Morgan fingerprint density at radius 2 is 2.12 bits per heavy atom. The molecule has 0 heterocycles. The monoisotopic (exact) mass is 216 g/mol. The maximum absolute atomic E-state index is 11.0. The third-order valence-electron chi connectivity index (χ3n) is 2.66. The van der Waals surface area contributed by atoms with Gasteiger partial charge in [-0.3, -0.25) is 4.79 Å². The number of benzene rings is 1. The molecule has 3 nitrogen and oxygen atoms in total. The van der Waals surface area contributed by atoms with E-state index in [0.717, 1.165) is 6.42 Å². The van der Waals surface area contributed by atoms with Crippen molar-refractivity contribution in [1.29, 1.82) is 5.26 Å². The summed E-state index contributed by atoms with van der Waals surface area (Å²) in [6, 6.07) is 7.88. The van der Waals surface area contributed by atoms with Crippen molar-refractivity contribution in [3.05, 3.63) is 34.9 Å². The zero-order valence-corrected chi connectivity index (χ0v) is 9.95. The van der Waals surface area contributed by atoms with E-state index in [1.165, 1.54) is 21.6 Å². The largest absolute Gasteiger partial charge is 0.333 e. The summed E-state index contributed by atoms with van der Waals surface area (Å²) in [6.07, 6.45) is 0.788. The van der Waals surface area contributed by atoms with Gasteiger partial charge in [0.15, 0.2) is 6.07 Å². The zero-order valence-electron chi connectivity index (χ0n) is 9.95. The number of amides is 1. The molecule has 84 valence electrons. The minimum absolute atomic E-state index is 0.482. The van der Waals surface area contributed by atoms with Gasteiger partial charge in [0.25, 0.3) is 0 Å². The van der Waals surface area contributed by atoms with Gasteiger partial charge in [-0.2, -0.15) is 5.26 Å². The van der Waals surface area contributed by atoms with Gasteiger partial charge < -0.3 is 4.90 Å². The first-order chi connectivity index (χ1) is 7.54. The number of rotatable bonds is 3. The first-order valence-electron chi connectivity index (χ1n) is 5.26. The average Bonchev–Trinajstić information content (AvgIpc) is 2.26. The molecule has 0 aliphatic rings. The maximum atomic E-state index is 11.0. The van der Waals surface area contributed by atoms with Crippen molar-refractivity contribution in [2.45, 2.75) is 20.3 Å². The highest BCUT2D eigenvalue weighted by atomic mass is 16.2. The second-order valence-electron chi connectivity index (χ2n) is 4.02. The number of nitrogens with zero attached hydrogens (tertiary/aromatic N) is 2. The van der Waals surface area contributed by atoms with E-state index in [1.807, 2.05) is 0 Å². The van der Waals surface area contributed by atoms with Crippen LogP contribution in [0.5, 0.6) is 0 Å². The molecule has 0 aliphatic carbocycles. The molecule has 3 heteroatoms. The zero-order chi connectivity index (χ0) is 12.1. The number of nitriles is 1. The average molecular weight is 216 g/mol. The van der Waals surface area contributed by atoms with Crippen LogP contribution in [0.25, 0.3) is 0 Å². The van der Waals surface area contributed by atoms with Gasteiger partial charge in [-0.15, -0.1) is 0 Å². The van der Waals surface area contributed by atoms with Crippen LogP contribution in [0, 0.1) is 25.2 Å². The van der Waals surface area contributed by atoms with Crippen LogP contribution < -0.4 is 0 Å². The Balaban J connectivity index is 2.62. The Labute approximate surface area is 96.3 Å². The van der Waals surface area contributed by atoms with Crippen molar-refractivity contribution in [3.63, 3.8) is 0 Å². The van der Waals surface area contributed by atoms with Crippen molar-refractivity contribution in [3.8, 4) is 6.07 Å². The fraction of sp³-hybridized carbons (Fsp3) is 0.385. The van der Waals surface area contributed by atoms with Crippen molar-refractivity contribution < 1.29 is 4.79 Å². The SMILES string of the molecule is Cc1ccc(CCN(C)C(=O)C#N)c(C)c1. The van der Waals surface area contributed by atoms with E-state index in [1.54, 1.807) is 13.1 Å². The van der Waals surface area contributed by atoms with E-state index >= 15 is 0 Å². The molecule has 0 spiro atoms. The van der Waals surface area contributed by atoms with Gasteiger partial charge >= 0.3 is 5.91 Å². The van der Waals surface area contributed by atoms with Crippen LogP contribution in [-0.2, 0) is 11.2 Å². The molecule has 0 fully saturated rings. The van der Waals surface area contributed by atoms with Crippen molar-refractivity contribution in [1.82, 2.24) is 4.90 Å². The normalized spacial score (nSPS) is 9.62. The molecule has 0 unspecified atom stereocenters. The summed E-state index contributed by atoms with van der Waals surface area (Å²) < 4.78 is 0. The predicted molar refractivity (Wildman–Crippen MR) is 62.9 cm³/mol. The summed E-state index contributed by atoms with van der Waals surface area (Å²) in [5, 5.41) is 8.45. The number of carbonyl (C=O) groups is 1. The Bertz CT molecular complexity index is 432. The minimum atomic E-state index is -0.482. The standard InChI is InChI=1S/C13H16N2O/c1-10-4-5-12(11(2)8-10)6-7-15(3)13(16)9-14/h4-5,8H,6-7H2,1-3H3. The third-order valence-corrected chi connectivity index (χ3v) is 2.66. The van der Waals surface area contributed by atoms with Gasteiger partial charge in [0.05, 0.1) is 0 Å². The van der Waals surface area contributed by atoms with E-state index in [0.29, 0.717) is 6.54 Å². The van der Waals surface area contributed by atoms with Crippen molar-refractivity contribution >= 4 is 5.91 Å². The lowest BCUT2D eigenvalue weighted by atomic mass is 10.0. The summed E-state index contributed by atoms with van der Waals surface area (Å²) in [4.78, 5) is 12.5. The summed E-state index contributed by atoms with van der Waals surface area (Å²) in [7, 11) is 1.65. The van der Waals surface area contributed by atoms with Crippen LogP contribution >= 0.6 is 0 Å². The third kappa shape index (κ3) is 3.09. The number of carbonyl (C=O) groups excluding carboxylic acids is 1. The van der Waals surface area contributed by atoms with Crippen molar-refractivity contribution in [2.75, 3.05) is 13.6 Å². The van der Waals surface area contributed by atoms with E-state index in [9.17, 15) is 4.79 Å². The first kappa shape index (κ1) is 12.3. The lowest BCUT2D eigenvalue weighted by Crippen LogP contribution is -2.27. The molecule has 0 aromatic heterocycles. The number of likely N-dealkylation sites (N-methyl/N-ethyl adjacent to an activating group) is 1. The second-order valence-corrected chi connectivity index (χ2v) is 4.02. The van der Waals surface area contributed by atoms with Gasteiger partial charge in [0.2, 0.25) is 0 Å². The van der Waals surface area contributed by atoms with Gasteiger partial charge in [0, 0.05) is 13.6 Å². The fourth-order valence-corrected chi connectivity index (χ4v) is 1.60. The molecule has 1 amide bonds. The molecule has 0 saturated heterocycles. The van der Waals surface area contributed by atoms with Crippen molar-refractivity contribution in [2.24, 2.45) is 0 Å². The maximum Gasteiger partial charge on any atom is 0.324 e. The molecule has 1 aromatic rings. The van der Waals surface area contributed by atoms with Crippen LogP contribution in [0.3, 0.4) is 0 Å². The highest BCUT2D eigenvalue weighted by Crippen LogP contribution is 2.11. The van der Waals surface area contributed by atoms with Crippen LogP contribution in [0.15, 0.2) is 18.2 Å². The van der Waals surface area contributed by atoms with E-state index in [-0.39, 0.29) is 0 Å². The Hall–Kier alpha value is -1.82. The van der Waals surface area contributed by atoms with Gasteiger partial charge in [0.1, 0.15) is 0 Å². The molecule has 1 rings (SSSR count). The Morgan fingerprint density at radius 1 is 1.44 bits per heavy atom. The molecule has 0 saturated carbocycles. The molecule has 1 aromatic carbocycles. The van der Waals surface area contributed by atoms with Crippen LogP contribution in [0.1, 0.15) is 16.7 Å². The van der Waals surface area contributed by atoms with E-state index < -0.39 is 5.91 Å². The molecule has 0 radical (unpaired) electrons. The molecule has 0 bridgehead atoms. The smallest absolute Gasteiger partial charge is 0.324 e. The van der Waals surface area contributed by atoms with Crippen LogP contribution in [0.2, 0.25) is 0 Å². The minimum Gasteiger partial charge on any atom is -0.333 e. The highest BCUT2D eigenvalue weighted by molar-refractivity contribution is 5.90. The molecule has 16 heavy (non-hydrogen) atoms. The first-order valence-corrected chi connectivity index (χ1v) is 5.26. The summed E-state index contributed by atoms with van der Waals surface area (Å²) in [5.41, 5.74) is 3.70. The lowest BCUT2D eigenvalue weighted by molar-refractivity contribution is -0.124. The number of hydrogen-bond donors (Lipinski definition) is 0. The molecule has 0 aliphatic heterocycles. The van der Waals surface area contributed by atoms with Crippen LogP contribution in [-0.4, -0.2) is 24.4 Å². The Kier molecular flexibility index (Phi) is 4.07. The summed E-state index contributed by atoms with van der Waals surface area (Å²) in [6.45, 7) is 4.70. The summed E-state index contributed by atoms with van der Waals surface area (Å²) >= 11 is 0. The van der Waals surface area contributed by atoms with Gasteiger partial charge in [-0.25, -0.2) is 0 Å². The van der Waals surface area contributed by atoms with E-state index in [4.69, 9.17) is 5.26 Å². The van der Waals surface area contributed by atoms with E-state index in [2.05, 4.69) is 32.0 Å². The molecule has 0 N–H and O–H groups in total. The second kappa shape index (κ2) is 5.32. The number of hydrogen-bond acceptors (Lipinski definition) is 2. The highest BCUT2D eigenvalue weighted by Gasteiger charge is 2.07. The van der Waals surface area contributed by atoms with Crippen LogP contribution in [0.4, 0.5) is 0 Å². The quantitative estimate of drug-likeness (QED) is 0.723. The molecular weight excluding hydrogens is 200 g/mol. The predicted octanol–water partition coefficient (Wildman–Crippen LogP) is 1.83. The molecule has 0 atom stereocenters. The fourth-order valence-electron chi connectivity index (χ4n) is 1.60. The molecular formula is C13H16N2O.